The van der Waals surface area contributed by atoms with E-state index in [9.17, 15) is 9.59 Å². The van der Waals surface area contributed by atoms with Crippen molar-refractivity contribution >= 4 is 18.0 Å². The molecule has 0 spiro atoms. The SMILES string of the molecule is Cn1cc(/C=C/C(=O)NCc2cc(C(=O)O)ccn2)cn1. The summed E-state index contributed by atoms with van der Waals surface area (Å²) in [5.41, 5.74) is 1.44. The third-order valence-corrected chi connectivity index (χ3v) is 2.66. The summed E-state index contributed by atoms with van der Waals surface area (Å²) in [6, 6.07) is 2.82. The molecule has 0 aliphatic rings. The fraction of sp³-hybridized carbons (Fsp3) is 0.143. The maximum atomic E-state index is 11.6. The van der Waals surface area contributed by atoms with E-state index in [2.05, 4.69) is 15.4 Å². The molecule has 0 saturated carbocycles. The van der Waals surface area contributed by atoms with E-state index < -0.39 is 5.97 Å². The van der Waals surface area contributed by atoms with Crippen molar-refractivity contribution in [2.75, 3.05) is 0 Å². The summed E-state index contributed by atoms with van der Waals surface area (Å²) in [5, 5.41) is 15.5. The van der Waals surface area contributed by atoms with E-state index in [4.69, 9.17) is 5.11 Å². The van der Waals surface area contributed by atoms with E-state index in [1.54, 1.807) is 30.2 Å². The van der Waals surface area contributed by atoms with Crippen LogP contribution in [0, 0.1) is 0 Å². The van der Waals surface area contributed by atoms with Gasteiger partial charge in [-0.15, -0.1) is 0 Å². The summed E-state index contributed by atoms with van der Waals surface area (Å²) in [6.07, 6.45) is 7.85. The summed E-state index contributed by atoms with van der Waals surface area (Å²) in [4.78, 5) is 26.5. The van der Waals surface area contributed by atoms with Crippen LogP contribution >= 0.6 is 0 Å². The minimum absolute atomic E-state index is 0.139. The standard InChI is InChI=1S/C14H14N4O3/c1-18-9-10(7-17-18)2-3-13(19)16-8-12-6-11(14(20)21)4-5-15-12/h2-7,9H,8H2,1H3,(H,16,19)(H,20,21)/b3-2+. The van der Waals surface area contributed by atoms with Crippen LogP contribution in [0.3, 0.4) is 0 Å². The van der Waals surface area contributed by atoms with Crippen LogP contribution in [0.25, 0.3) is 6.08 Å². The van der Waals surface area contributed by atoms with E-state index in [0.717, 1.165) is 5.56 Å². The lowest BCUT2D eigenvalue weighted by Gasteiger charge is -2.02. The lowest BCUT2D eigenvalue weighted by molar-refractivity contribution is -0.116. The van der Waals surface area contributed by atoms with Gasteiger partial charge in [0.05, 0.1) is 24.0 Å². The van der Waals surface area contributed by atoms with Crippen LogP contribution in [0.1, 0.15) is 21.6 Å². The molecule has 2 N–H and O–H groups in total. The zero-order valence-electron chi connectivity index (χ0n) is 11.4. The molecule has 0 atom stereocenters. The fourth-order valence-corrected chi connectivity index (χ4v) is 1.64. The van der Waals surface area contributed by atoms with Gasteiger partial charge in [0.25, 0.3) is 0 Å². The number of hydrogen-bond donors (Lipinski definition) is 2. The van der Waals surface area contributed by atoms with Gasteiger partial charge in [0, 0.05) is 31.1 Å². The third-order valence-electron chi connectivity index (χ3n) is 2.66. The first-order chi connectivity index (χ1) is 10.0. The van der Waals surface area contributed by atoms with Crippen LogP contribution in [-0.2, 0) is 18.4 Å². The van der Waals surface area contributed by atoms with Gasteiger partial charge < -0.3 is 10.4 Å². The number of amides is 1. The molecule has 0 radical (unpaired) electrons. The molecule has 7 nitrogen and oxygen atoms in total. The molecule has 0 saturated heterocycles. The van der Waals surface area contributed by atoms with E-state index >= 15 is 0 Å². The summed E-state index contributed by atoms with van der Waals surface area (Å²) < 4.78 is 1.64. The van der Waals surface area contributed by atoms with Gasteiger partial charge in [0.15, 0.2) is 0 Å². The Bertz CT molecular complexity index is 691. The topological polar surface area (TPSA) is 97.1 Å². The highest BCUT2D eigenvalue weighted by atomic mass is 16.4. The minimum Gasteiger partial charge on any atom is -0.478 e. The summed E-state index contributed by atoms with van der Waals surface area (Å²) in [5.74, 6) is -1.32. The fourth-order valence-electron chi connectivity index (χ4n) is 1.64. The Morgan fingerprint density at radius 2 is 2.29 bits per heavy atom. The van der Waals surface area contributed by atoms with Crippen molar-refractivity contribution in [3.8, 4) is 0 Å². The minimum atomic E-state index is -1.03. The predicted molar refractivity (Wildman–Crippen MR) is 75.3 cm³/mol. The van der Waals surface area contributed by atoms with Crippen molar-refractivity contribution in [2.24, 2.45) is 7.05 Å². The normalized spacial score (nSPS) is 10.7. The monoisotopic (exact) mass is 286 g/mol. The molecule has 0 aromatic carbocycles. The summed E-state index contributed by atoms with van der Waals surface area (Å²) >= 11 is 0. The second-order valence-corrected chi connectivity index (χ2v) is 4.34. The maximum absolute atomic E-state index is 11.6. The second-order valence-electron chi connectivity index (χ2n) is 4.34. The molecule has 0 aliphatic heterocycles. The molecule has 0 aliphatic carbocycles. The number of pyridine rings is 1. The molecule has 0 bridgehead atoms. The molecule has 2 aromatic rings. The quantitative estimate of drug-likeness (QED) is 0.794. The molecule has 21 heavy (non-hydrogen) atoms. The molecule has 0 unspecified atom stereocenters. The lowest BCUT2D eigenvalue weighted by atomic mass is 10.2. The molecular formula is C14H14N4O3. The zero-order valence-corrected chi connectivity index (χ0v) is 11.4. The highest BCUT2D eigenvalue weighted by molar-refractivity contribution is 5.91. The van der Waals surface area contributed by atoms with Crippen LogP contribution in [0.4, 0.5) is 0 Å². The molecule has 1 amide bonds. The van der Waals surface area contributed by atoms with Crippen molar-refractivity contribution in [3.63, 3.8) is 0 Å². The van der Waals surface area contributed by atoms with Crippen LogP contribution in [-0.4, -0.2) is 31.7 Å². The number of aromatic carboxylic acids is 1. The Hall–Kier alpha value is -2.96. The Kier molecular flexibility index (Phi) is 4.45. The van der Waals surface area contributed by atoms with E-state index in [1.165, 1.54) is 24.4 Å². The van der Waals surface area contributed by atoms with Crippen molar-refractivity contribution in [1.29, 1.82) is 0 Å². The lowest BCUT2D eigenvalue weighted by Crippen LogP contribution is -2.21. The van der Waals surface area contributed by atoms with Crippen molar-refractivity contribution in [3.05, 3.63) is 53.6 Å². The zero-order chi connectivity index (χ0) is 15.2. The van der Waals surface area contributed by atoms with Gasteiger partial charge in [-0.1, -0.05) is 0 Å². The average Bonchev–Trinajstić information content (AvgIpc) is 2.89. The number of carbonyl (C=O) groups excluding carboxylic acids is 1. The van der Waals surface area contributed by atoms with Crippen LogP contribution in [0.2, 0.25) is 0 Å². The van der Waals surface area contributed by atoms with Gasteiger partial charge in [-0.05, 0) is 18.2 Å². The molecule has 2 heterocycles. The van der Waals surface area contributed by atoms with Gasteiger partial charge in [0.2, 0.25) is 5.91 Å². The van der Waals surface area contributed by atoms with Gasteiger partial charge >= 0.3 is 5.97 Å². The number of nitrogens with one attached hydrogen (secondary N) is 1. The van der Waals surface area contributed by atoms with Crippen molar-refractivity contribution in [2.45, 2.75) is 6.54 Å². The number of nitrogens with zero attached hydrogens (tertiary/aromatic N) is 3. The Morgan fingerprint density at radius 3 is 2.95 bits per heavy atom. The number of aromatic nitrogens is 3. The number of aryl methyl sites for hydroxylation is 1. The number of rotatable bonds is 5. The average molecular weight is 286 g/mol. The summed E-state index contributed by atoms with van der Waals surface area (Å²) in [6.45, 7) is 0.164. The number of carboxylic acid groups (broad SMARTS) is 1. The van der Waals surface area contributed by atoms with Crippen molar-refractivity contribution in [1.82, 2.24) is 20.1 Å². The highest BCUT2D eigenvalue weighted by Gasteiger charge is 2.04. The second kappa shape index (κ2) is 6.47. The van der Waals surface area contributed by atoms with Crippen molar-refractivity contribution < 1.29 is 14.7 Å². The molecule has 2 rings (SSSR count). The smallest absolute Gasteiger partial charge is 0.335 e. The molecular weight excluding hydrogens is 272 g/mol. The van der Waals surface area contributed by atoms with Gasteiger partial charge in [0.1, 0.15) is 0 Å². The largest absolute Gasteiger partial charge is 0.478 e. The van der Waals surface area contributed by atoms with Crippen LogP contribution in [0.15, 0.2) is 36.8 Å². The molecule has 0 fully saturated rings. The van der Waals surface area contributed by atoms with E-state index in [1.807, 2.05) is 0 Å². The molecule has 108 valence electrons. The third kappa shape index (κ3) is 4.27. The Balaban J connectivity index is 1.90. The summed E-state index contributed by atoms with van der Waals surface area (Å²) in [7, 11) is 1.79. The van der Waals surface area contributed by atoms with Gasteiger partial charge in [-0.2, -0.15) is 5.10 Å². The maximum Gasteiger partial charge on any atom is 0.335 e. The van der Waals surface area contributed by atoms with Gasteiger partial charge in [-0.25, -0.2) is 4.79 Å². The van der Waals surface area contributed by atoms with E-state index in [0.29, 0.717) is 5.69 Å². The first-order valence-electron chi connectivity index (χ1n) is 6.17. The van der Waals surface area contributed by atoms with Crippen LogP contribution in [0.5, 0.6) is 0 Å². The Morgan fingerprint density at radius 1 is 1.48 bits per heavy atom. The number of carboxylic acids is 1. The van der Waals surface area contributed by atoms with Crippen LogP contribution < -0.4 is 5.32 Å². The first-order valence-corrected chi connectivity index (χ1v) is 6.17. The predicted octanol–water partition coefficient (Wildman–Crippen LogP) is 0.843. The highest BCUT2D eigenvalue weighted by Crippen LogP contribution is 2.02. The molecule has 7 heteroatoms. The van der Waals surface area contributed by atoms with Gasteiger partial charge in [-0.3, -0.25) is 14.5 Å². The Labute approximate surface area is 120 Å². The number of carbonyl (C=O) groups is 2. The first kappa shape index (κ1) is 14.4. The van der Waals surface area contributed by atoms with E-state index in [-0.39, 0.29) is 18.0 Å². The molecule has 2 aromatic heterocycles. The number of hydrogen-bond acceptors (Lipinski definition) is 4.